The lowest BCUT2D eigenvalue weighted by Crippen LogP contribution is -2.39. The highest BCUT2D eigenvalue weighted by atomic mass is 16.6. The fraction of sp³-hybridized carbons (Fsp3) is 0.400. The molecule has 2 aromatic rings. The lowest BCUT2D eigenvalue weighted by molar-refractivity contribution is -0.142. The molecule has 0 amide bonds. The predicted octanol–water partition coefficient (Wildman–Crippen LogP) is 5.68. The Balaban J connectivity index is 1.52. The molecule has 1 saturated heterocycles. The van der Waals surface area contributed by atoms with Gasteiger partial charge in [0.05, 0.1) is 11.7 Å². The summed E-state index contributed by atoms with van der Waals surface area (Å²) in [5.74, 6) is -0.735. The van der Waals surface area contributed by atoms with Crippen LogP contribution in [0, 0.1) is 5.41 Å². The zero-order valence-corrected chi connectivity index (χ0v) is 20.7. The average molecular weight is 472 g/mol. The quantitative estimate of drug-likeness (QED) is 0.569. The van der Waals surface area contributed by atoms with Gasteiger partial charge in [-0.05, 0) is 48.3 Å². The Bertz CT molecular complexity index is 1180. The summed E-state index contributed by atoms with van der Waals surface area (Å²) in [6.07, 6.45) is 3.07. The first-order valence-electron chi connectivity index (χ1n) is 12.5. The van der Waals surface area contributed by atoms with Crippen LogP contribution in [0.3, 0.4) is 0 Å². The maximum atomic E-state index is 13.5. The molecule has 1 aliphatic carbocycles. The first-order valence-corrected chi connectivity index (χ1v) is 12.5. The zero-order chi connectivity index (χ0) is 24.6. The van der Waals surface area contributed by atoms with E-state index in [0.29, 0.717) is 24.2 Å². The number of esters is 1. The normalized spacial score (nSPS) is 23.7. The Kier molecular flexibility index (Phi) is 6.37. The van der Waals surface area contributed by atoms with Crippen LogP contribution in [-0.2, 0) is 19.1 Å². The number of rotatable bonds is 5. The van der Waals surface area contributed by atoms with Crippen molar-refractivity contribution >= 4 is 11.8 Å². The van der Waals surface area contributed by atoms with Crippen molar-refractivity contribution in [1.29, 1.82) is 0 Å². The summed E-state index contributed by atoms with van der Waals surface area (Å²) in [5, 5.41) is 3.41. The first kappa shape index (κ1) is 23.6. The number of carbonyl (C=O) groups is 2. The van der Waals surface area contributed by atoms with E-state index in [0.717, 1.165) is 47.3 Å². The van der Waals surface area contributed by atoms with Gasteiger partial charge in [0.25, 0.3) is 0 Å². The van der Waals surface area contributed by atoms with Crippen LogP contribution in [0.25, 0.3) is 11.1 Å². The first-order chi connectivity index (χ1) is 16.8. The van der Waals surface area contributed by atoms with E-state index in [4.69, 9.17) is 9.47 Å². The molecule has 0 bridgehead atoms. The van der Waals surface area contributed by atoms with Crippen molar-refractivity contribution in [2.45, 2.75) is 58.5 Å². The van der Waals surface area contributed by atoms with Crippen molar-refractivity contribution in [3.05, 3.63) is 82.7 Å². The molecule has 2 atom stereocenters. The third-order valence-corrected chi connectivity index (χ3v) is 7.24. The highest BCUT2D eigenvalue weighted by Crippen LogP contribution is 2.47. The van der Waals surface area contributed by atoms with Crippen molar-refractivity contribution < 1.29 is 19.1 Å². The molecule has 0 radical (unpaired) electrons. The van der Waals surface area contributed by atoms with Crippen LogP contribution in [0.15, 0.2) is 77.1 Å². The molecule has 182 valence electrons. The van der Waals surface area contributed by atoms with E-state index < -0.39 is 5.92 Å². The molecule has 3 aliphatic rings. The molecule has 2 aliphatic heterocycles. The Labute approximate surface area is 207 Å². The minimum Gasteiger partial charge on any atom is -0.459 e. The molecular formula is C30H33NO4. The minimum atomic E-state index is -0.448. The molecule has 5 heteroatoms. The second kappa shape index (κ2) is 9.46. The van der Waals surface area contributed by atoms with Crippen LogP contribution in [-0.4, -0.2) is 31.1 Å². The Morgan fingerprint density at radius 3 is 2.46 bits per heavy atom. The number of ketones is 1. The van der Waals surface area contributed by atoms with Gasteiger partial charge in [-0.3, -0.25) is 4.79 Å². The van der Waals surface area contributed by atoms with Crippen molar-refractivity contribution in [3.8, 4) is 11.1 Å². The van der Waals surface area contributed by atoms with Gasteiger partial charge in [-0.2, -0.15) is 0 Å². The van der Waals surface area contributed by atoms with Gasteiger partial charge in [-0.25, -0.2) is 4.79 Å². The van der Waals surface area contributed by atoms with E-state index >= 15 is 0 Å². The number of hydrogen-bond donors (Lipinski definition) is 1. The molecule has 5 nitrogen and oxygen atoms in total. The summed E-state index contributed by atoms with van der Waals surface area (Å²) in [7, 11) is 0. The molecule has 0 unspecified atom stereocenters. The Hall–Kier alpha value is -3.18. The lowest BCUT2D eigenvalue weighted by atomic mass is 9.68. The molecule has 1 N–H and O–H groups in total. The largest absolute Gasteiger partial charge is 0.459 e. The summed E-state index contributed by atoms with van der Waals surface area (Å²) in [4.78, 5) is 26.9. The van der Waals surface area contributed by atoms with E-state index in [1.54, 1.807) is 0 Å². The molecule has 1 fully saturated rings. The molecule has 0 saturated carbocycles. The van der Waals surface area contributed by atoms with Gasteiger partial charge < -0.3 is 14.8 Å². The van der Waals surface area contributed by atoms with E-state index in [1.807, 2.05) is 37.3 Å². The lowest BCUT2D eigenvalue weighted by Gasteiger charge is -2.39. The number of nitrogens with one attached hydrogen (secondary N) is 1. The molecule has 35 heavy (non-hydrogen) atoms. The SMILES string of the molecule is CC1=C(C(=O)OC[C@H]2CCCO2)[C@H](c2ccc(-c3ccccc3)cc2)C2=C(CC(C)(C)CC2=O)N1. The summed E-state index contributed by atoms with van der Waals surface area (Å²) in [6.45, 7) is 7.09. The second-order valence-electron chi connectivity index (χ2n) is 10.7. The van der Waals surface area contributed by atoms with Gasteiger partial charge in [-0.1, -0.05) is 68.4 Å². The fourth-order valence-corrected chi connectivity index (χ4v) is 5.56. The number of dihydropyridines is 1. The number of ether oxygens (including phenoxy) is 2. The highest BCUT2D eigenvalue weighted by molar-refractivity contribution is 6.04. The van der Waals surface area contributed by atoms with E-state index in [9.17, 15) is 9.59 Å². The molecular weight excluding hydrogens is 438 g/mol. The number of hydrogen-bond acceptors (Lipinski definition) is 5. The van der Waals surface area contributed by atoms with Gasteiger partial charge in [0.1, 0.15) is 6.61 Å². The average Bonchev–Trinajstić information content (AvgIpc) is 3.35. The van der Waals surface area contributed by atoms with Gasteiger partial charge in [0.15, 0.2) is 5.78 Å². The van der Waals surface area contributed by atoms with E-state index in [1.165, 1.54) is 0 Å². The summed E-state index contributed by atoms with van der Waals surface area (Å²) in [6, 6.07) is 18.4. The zero-order valence-electron chi connectivity index (χ0n) is 20.7. The molecule has 2 aromatic carbocycles. The second-order valence-corrected chi connectivity index (χ2v) is 10.7. The van der Waals surface area contributed by atoms with E-state index in [2.05, 4.69) is 43.4 Å². The smallest absolute Gasteiger partial charge is 0.336 e. The third kappa shape index (κ3) is 4.83. The van der Waals surface area contributed by atoms with Crippen molar-refractivity contribution in [2.24, 2.45) is 5.41 Å². The number of carbonyl (C=O) groups excluding carboxylic acids is 2. The predicted molar refractivity (Wildman–Crippen MR) is 135 cm³/mol. The topological polar surface area (TPSA) is 64.6 Å². The van der Waals surface area contributed by atoms with Crippen LogP contribution in [0.4, 0.5) is 0 Å². The molecule has 0 aromatic heterocycles. The van der Waals surface area contributed by atoms with Gasteiger partial charge in [0.2, 0.25) is 0 Å². The Morgan fingerprint density at radius 2 is 1.77 bits per heavy atom. The van der Waals surface area contributed by atoms with Crippen molar-refractivity contribution in [3.63, 3.8) is 0 Å². The van der Waals surface area contributed by atoms with Crippen LogP contribution in [0.2, 0.25) is 0 Å². The van der Waals surface area contributed by atoms with E-state index in [-0.39, 0.29) is 29.9 Å². The minimum absolute atomic E-state index is 0.0492. The van der Waals surface area contributed by atoms with Crippen LogP contribution in [0.1, 0.15) is 57.9 Å². The van der Waals surface area contributed by atoms with Crippen molar-refractivity contribution in [2.75, 3.05) is 13.2 Å². The molecule has 5 rings (SSSR count). The summed E-state index contributed by atoms with van der Waals surface area (Å²) < 4.78 is 11.4. The summed E-state index contributed by atoms with van der Waals surface area (Å²) in [5.41, 5.74) is 5.92. The molecule has 0 spiro atoms. The summed E-state index contributed by atoms with van der Waals surface area (Å²) >= 11 is 0. The monoisotopic (exact) mass is 471 g/mol. The van der Waals surface area contributed by atoms with Crippen LogP contribution < -0.4 is 5.32 Å². The molecule has 2 heterocycles. The maximum absolute atomic E-state index is 13.5. The van der Waals surface area contributed by atoms with Crippen LogP contribution >= 0.6 is 0 Å². The van der Waals surface area contributed by atoms with Gasteiger partial charge in [-0.15, -0.1) is 0 Å². The number of Topliss-reactive ketones (excluding diaryl/α,β-unsaturated/α-hetero) is 1. The van der Waals surface area contributed by atoms with Gasteiger partial charge in [0, 0.05) is 35.9 Å². The standard InChI is InChI=1S/C30H33NO4/c1-19-26(29(33)35-18-23-10-7-15-34-23)27(28-24(31-19)16-30(2,3)17-25(28)32)22-13-11-21(12-14-22)20-8-5-4-6-9-20/h4-6,8-9,11-14,23,27,31H,7,10,15-18H2,1-3H3/t23-,27+/m1/s1. The van der Waals surface area contributed by atoms with Crippen molar-refractivity contribution in [1.82, 2.24) is 5.32 Å². The van der Waals surface area contributed by atoms with Crippen LogP contribution in [0.5, 0.6) is 0 Å². The number of benzene rings is 2. The highest BCUT2D eigenvalue weighted by Gasteiger charge is 2.43. The fourth-order valence-electron chi connectivity index (χ4n) is 5.56. The van der Waals surface area contributed by atoms with Gasteiger partial charge >= 0.3 is 5.97 Å². The maximum Gasteiger partial charge on any atom is 0.336 e. The number of allylic oxidation sites excluding steroid dienone is 3. The third-order valence-electron chi connectivity index (χ3n) is 7.24. The Morgan fingerprint density at radius 1 is 1.06 bits per heavy atom.